The summed E-state index contributed by atoms with van der Waals surface area (Å²) in [6, 6.07) is 1.01. The van der Waals surface area contributed by atoms with E-state index in [0.717, 1.165) is 16.8 Å². The van der Waals surface area contributed by atoms with Crippen LogP contribution in [0.3, 0.4) is 0 Å². The van der Waals surface area contributed by atoms with Gasteiger partial charge in [0.15, 0.2) is 18.6 Å². The minimum absolute atomic E-state index is 0.0430. The van der Waals surface area contributed by atoms with Crippen molar-refractivity contribution in [2.75, 3.05) is 0 Å². The van der Waals surface area contributed by atoms with Gasteiger partial charge in [0.05, 0.1) is 0 Å². The first kappa shape index (κ1) is 13.3. The number of aliphatic hydroxyl groups excluding tert-OH is 2. The Kier molecular flexibility index (Phi) is 3.42. The Morgan fingerprint density at radius 3 is 2.63 bits per heavy atom. The van der Waals surface area contributed by atoms with E-state index >= 15 is 0 Å². The van der Waals surface area contributed by atoms with E-state index in [0.29, 0.717) is 0 Å². The molecule has 0 radical (unpaired) electrons. The maximum absolute atomic E-state index is 11.5. The van der Waals surface area contributed by atoms with Gasteiger partial charge in [0.1, 0.15) is 12.2 Å². The molecule has 3 N–H and O–H groups in total. The Hall–Kier alpha value is -2.10. The number of nitrogens with one attached hydrogen (secondary N) is 1. The number of ketones is 1. The van der Waals surface area contributed by atoms with Crippen molar-refractivity contribution in [3.05, 3.63) is 33.1 Å². The number of rotatable bonds is 3. The van der Waals surface area contributed by atoms with Crippen LogP contribution < -0.4 is 11.2 Å². The molecule has 1 fully saturated rings. The standard InChI is InChI=1S/C10H10N2O7/c13-3-4(14)8-6(16)7(17)9(19-8)12-2-1-5(15)11-10(12)18/h1-3,6-9,16-17H,(H,11,15,18)/t6-,7+,8+,9+/m0/s1. The second kappa shape index (κ2) is 4.88. The van der Waals surface area contributed by atoms with Crippen LogP contribution in [0.5, 0.6) is 0 Å². The molecule has 9 heteroatoms. The first-order chi connectivity index (χ1) is 8.95. The molecule has 1 aliphatic rings. The van der Waals surface area contributed by atoms with E-state index in [1.807, 2.05) is 4.98 Å². The van der Waals surface area contributed by atoms with Gasteiger partial charge in [0, 0.05) is 12.3 Å². The average Bonchev–Trinajstić information content (AvgIpc) is 2.66. The van der Waals surface area contributed by atoms with E-state index in [9.17, 15) is 29.4 Å². The van der Waals surface area contributed by atoms with E-state index < -0.39 is 41.6 Å². The van der Waals surface area contributed by atoms with Gasteiger partial charge in [-0.1, -0.05) is 0 Å². The highest BCUT2D eigenvalue weighted by atomic mass is 16.6. The Labute approximate surface area is 105 Å². The number of hydrogen-bond donors (Lipinski definition) is 3. The second-order valence-corrected chi connectivity index (χ2v) is 3.97. The van der Waals surface area contributed by atoms with Gasteiger partial charge in [-0.2, -0.15) is 0 Å². The van der Waals surface area contributed by atoms with E-state index in [2.05, 4.69) is 0 Å². The normalized spacial score (nSPS) is 30.2. The Bertz CT molecular complexity index is 619. The van der Waals surface area contributed by atoms with Crippen LogP contribution >= 0.6 is 0 Å². The molecule has 0 aromatic carbocycles. The van der Waals surface area contributed by atoms with Crippen molar-refractivity contribution in [2.24, 2.45) is 0 Å². The molecule has 2 heterocycles. The molecule has 0 aliphatic carbocycles. The highest BCUT2D eigenvalue weighted by molar-refractivity contribution is 6.27. The molecule has 0 saturated carbocycles. The summed E-state index contributed by atoms with van der Waals surface area (Å²) in [6.07, 6.45) is -5.13. The van der Waals surface area contributed by atoms with Crippen molar-refractivity contribution in [3.8, 4) is 0 Å². The van der Waals surface area contributed by atoms with Crippen molar-refractivity contribution >= 4 is 12.1 Å². The molecule has 0 bridgehead atoms. The molecule has 2 rings (SSSR count). The monoisotopic (exact) mass is 270 g/mol. The van der Waals surface area contributed by atoms with Crippen molar-refractivity contribution in [2.45, 2.75) is 24.5 Å². The molecule has 1 aromatic rings. The number of aromatic nitrogens is 2. The van der Waals surface area contributed by atoms with Gasteiger partial charge in [-0.25, -0.2) is 4.79 Å². The summed E-state index contributed by atoms with van der Waals surface area (Å²) in [7, 11) is 0. The minimum atomic E-state index is -1.64. The zero-order valence-corrected chi connectivity index (χ0v) is 9.42. The lowest BCUT2D eigenvalue weighted by Gasteiger charge is -2.16. The van der Waals surface area contributed by atoms with Crippen molar-refractivity contribution in [1.29, 1.82) is 0 Å². The molecular formula is C10H10N2O7. The quantitative estimate of drug-likeness (QED) is 0.391. The van der Waals surface area contributed by atoms with E-state index in [-0.39, 0.29) is 6.29 Å². The number of carbonyl (C=O) groups excluding carboxylic acids is 2. The van der Waals surface area contributed by atoms with Crippen LogP contribution in [0.1, 0.15) is 6.23 Å². The Morgan fingerprint density at radius 2 is 2.05 bits per heavy atom. The van der Waals surface area contributed by atoms with Crippen molar-refractivity contribution in [1.82, 2.24) is 9.55 Å². The largest absolute Gasteiger partial charge is 0.387 e. The SMILES string of the molecule is O=CC(=O)[C@H]1O[C@@H](n2ccc(=O)[nH]c2=O)[C@H](O)[C@@H]1O. The summed E-state index contributed by atoms with van der Waals surface area (Å²) in [5.41, 5.74) is -1.52. The Balaban J connectivity index is 2.36. The molecule has 19 heavy (non-hydrogen) atoms. The number of nitrogens with zero attached hydrogens (tertiary/aromatic N) is 1. The topological polar surface area (TPSA) is 139 Å². The lowest BCUT2D eigenvalue weighted by Crippen LogP contribution is -2.38. The number of aliphatic hydroxyl groups is 2. The predicted octanol–water partition coefficient (Wildman–Crippen LogP) is -3.08. The highest BCUT2D eigenvalue weighted by Gasteiger charge is 2.47. The summed E-state index contributed by atoms with van der Waals surface area (Å²) in [5, 5.41) is 19.3. The van der Waals surface area contributed by atoms with Gasteiger partial charge >= 0.3 is 5.69 Å². The van der Waals surface area contributed by atoms with Gasteiger partial charge in [-0.15, -0.1) is 0 Å². The molecule has 102 valence electrons. The van der Waals surface area contributed by atoms with E-state index in [1.54, 1.807) is 0 Å². The fourth-order valence-corrected chi connectivity index (χ4v) is 1.82. The van der Waals surface area contributed by atoms with E-state index in [1.165, 1.54) is 0 Å². The minimum Gasteiger partial charge on any atom is -0.387 e. The van der Waals surface area contributed by atoms with Crippen LogP contribution in [-0.4, -0.2) is 50.1 Å². The lowest BCUT2D eigenvalue weighted by molar-refractivity contribution is -0.141. The van der Waals surface area contributed by atoms with Gasteiger partial charge in [0.2, 0.25) is 5.78 Å². The van der Waals surface area contributed by atoms with Crippen molar-refractivity contribution < 1.29 is 24.5 Å². The molecule has 9 nitrogen and oxygen atoms in total. The molecule has 1 aromatic heterocycles. The fraction of sp³-hybridized carbons (Fsp3) is 0.400. The third kappa shape index (κ3) is 2.26. The van der Waals surface area contributed by atoms with Crippen LogP contribution in [-0.2, 0) is 14.3 Å². The zero-order valence-electron chi connectivity index (χ0n) is 9.42. The number of Topliss-reactive ketones (excluding diaryl/α,β-unsaturated/α-hetero) is 1. The summed E-state index contributed by atoms with van der Waals surface area (Å²) in [5.74, 6) is -1.05. The summed E-state index contributed by atoms with van der Waals surface area (Å²) in [6.45, 7) is 0. The molecule has 0 spiro atoms. The van der Waals surface area contributed by atoms with Gasteiger partial charge in [-0.3, -0.25) is 23.9 Å². The molecule has 0 unspecified atom stereocenters. The third-order valence-corrected chi connectivity index (χ3v) is 2.76. The summed E-state index contributed by atoms with van der Waals surface area (Å²) < 4.78 is 5.82. The van der Waals surface area contributed by atoms with E-state index in [4.69, 9.17) is 4.74 Å². The van der Waals surface area contributed by atoms with Crippen LogP contribution in [0.25, 0.3) is 0 Å². The second-order valence-electron chi connectivity index (χ2n) is 3.97. The van der Waals surface area contributed by atoms with Gasteiger partial charge in [-0.05, 0) is 0 Å². The number of ether oxygens (including phenoxy) is 1. The zero-order chi connectivity index (χ0) is 14.2. The van der Waals surface area contributed by atoms with Gasteiger partial charge < -0.3 is 14.9 Å². The Morgan fingerprint density at radius 1 is 1.37 bits per heavy atom. The number of carbonyl (C=O) groups is 2. The molecule has 4 atom stereocenters. The number of H-pyrrole nitrogens is 1. The maximum atomic E-state index is 11.5. The first-order valence-electron chi connectivity index (χ1n) is 5.28. The predicted molar refractivity (Wildman–Crippen MR) is 58.3 cm³/mol. The molecule has 0 amide bonds. The lowest BCUT2D eigenvalue weighted by atomic mass is 10.1. The van der Waals surface area contributed by atoms with Crippen LogP contribution in [0.15, 0.2) is 21.9 Å². The molecule has 1 aliphatic heterocycles. The third-order valence-electron chi connectivity index (χ3n) is 2.76. The molecule has 1 saturated heterocycles. The number of aromatic amines is 1. The fourth-order valence-electron chi connectivity index (χ4n) is 1.82. The van der Waals surface area contributed by atoms with Crippen molar-refractivity contribution in [3.63, 3.8) is 0 Å². The smallest absolute Gasteiger partial charge is 0.330 e. The summed E-state index contributed by atoms with van der Waals surface area (Å²) in [4.78, 5) is 45.9. The maximum Gasteiger partial charge on any atom is 0.330 e. The number of hydrogen-bond acceptors (Lipinski definition) is 7. The highest BCUT2D eigenvalue weighted by Crippen LogP contribution is 2.28. The van der Waals surface area contributed by atoms with Gasteiger partial charge in [0.25, 0.3) is 5.56 Å². The average molecular weight is 270 g/mol. The first-order valence-corrected chi connectivity index (χ1v) is 5.28. The summed E-state index contributed by atoms with van der Waals surface area (Å²) >= 11 is 0. The van der Waals surface area contributed by atoms with Crippen LogP contribution in [0.2, 0.25) is 0 Å². The number of aldehydes is 1. The molecular weight excluding hydrogens is 260 g/mol. The van der Waals surface area contributed by atoms with Crippen LogP contribution in [0, 0.1) is 0 Å². The van der Waals surface area contributed by atoms with Crippen LogP contribution in [0.4, 0.5) is 0 Å².